The summed E-state index contributed by atoms with van der Waals surface area (Å²) in [6.45, 7) is 2.75. The van der Waals surface area contributed by atoms with Gasteiger partial charge in [0, 0.05) is 25.1 Å². The third-order valence-corrected chi connectivity index (χ3v) is 2.73. The van der Waals surface area contributed by atoms with Crippen molar-refractivity contribution in [1.29, 1.82) is 0 Å². The molecule has 2 aromatic heterocycles. The largest absolute Gasteiger partial charge is 0.478 e. The van der Waals surface area contributed by atoms with E-state index in [1.54, 1.807) is 17.0 Å². The number of aromatic carboxylic acids is 1. The molecule has 0 aliphatic carbocycles. The molecule has 0 saturated heterocycles. The minimum Gasteiger partial charge on any atom is -0.478 e. The van der Waals surface area contributed by atoms with Crippen molar-refractivity contribution in [3.8, 4) is 0 Å². The van der Waals surface area contributed by atoms with Gasteiger partial charge in [0.2, 0.25) is 0 Å². The van der Waals surface area contributed by atoms with Crippen LogP contribution in [0, 0.1) is 0 Å². The first-order valence-corrected chi connectivity index (χ1v) is 5.91. The molecule has 2 aromatic rings. The maximum absolute atomic E-state index is 12.0. The summed E-state index contributed by atoms with van der Waals surface area (Å²) in [7, 11) is 0. The zero-order chi connectivity index (χ0) is 13.8. The van der Waals surface area contributed by atoms with Gasteiger partial charge in [-0.1, -0.05) is 6.92 Å². The van der Waals surface area contributed by atoms with Crippen LogP contribution in [-0.2, 0) is 13.1 Å². The molecule has 0 unspecified atom stereocenters. The fraction of sp³-hybridized carbons (Fsp3) is 0.333. The van der Waals surface area contributed by atoms with Crippen molar-refractivity contribution in [3.05, 3.63) is 46.7 Å². The molecule has 0 amide bonds. The van der Waals surface area contributed by atoms with E-state index >= 15 is 0 Å². The number of aromatic nitrogens is 4. The first kappa shape index (κ1) is 13.0. The molecule has 7 nitrogen and oxygen atoms in total. The monoisotopic (exact) mass is 262 g/mol. The number of aryl methyl sites for hydroxylation is 1. The molecule has 0 spiro atoms. The van der Waals surface area contributed by atoms with Crippen LogP contribution in [0.5, 0.6) is 0 Å². The predicted octanol–water partition coefficient (Wildman–Crippen LogP) is 0.596. The van der Waals surface area contributed by atoms with Gasteiger partial charge in [-0.15, -0.1) is 0 Å². The molecule has 0 atom stereocenters. The van der Waals surface area contributed by atoms with E-state index in [0.717, 1.165) is 6.42 Å². The zero-order valence-corrected chi connectivity index (χ0v) is 10.5. The van der Waals surface area contributed by atoms with Gasteiger partial charge >= 0.3 is 11.7 Å². The second-order valence-electron chi connectivity index (χ2n) is 4.09. The van der Waals surface area contributed by atoms with Gasteiger partial charge in [0.15, 0.2) is 0 Å². The van der Waals surface area contributed by atoms with E-state index in [-0.39, 0.29) is 17.8 Å². The van der Waals surface area contributed by atoms with Gasteiger partial charge in [-0.25, -0.2) is 19.6 Å². The normalized spacial score (nSPS) is 10.6. The lowest BCUT2D eigenvalue weighted by molar-refractivity contribution is 0.0694. The van der Waals surface area contributed by atoms with Crippen LogP contribution in [0.2, 0.25) is 0 Å². The molecule has 1 N–H and O–H groups in total. The van der Waals surface area contributed by atoms with E-state index in [1.165, 1.54) is 17.1 Å². The van der Waals surface area contributed by atoms with Crippen molar-refractivity contribution in [2.24, 2.45) is 0 Å². The van der Waals surface area contributed by atoms with Crippen LogP contribution >= 0.6 is 0 Å². The number of carbonyl (C=O) groups is 1. The maximum atomic E-state index is 12.0. The van der Waals surface area contributed by atoms with E-state index in [0.29, 0.717) is 12.2 Å². The van der Waals surface area contributed by atoms with Crippen molar-refractivity contribution in [2.45, 2.75) is 26.4 Å². The molecule has 7 heteroatoms. The lowest BCUT2D eigenvalue weighted by Crippen LogP contribution is -2.25. The molecule has 0 radical (unpaired) electrons. The van der Waals surface area contributed by atoms with Crippen LogP contribution in [0.4, 0.5) is 0 Å². The third-order valence-electron chi connectivity index (χ3n) is 2.73. The molecular weight excluding hydrogens is 248 g/mol. The molecule has 0 bridgehead atoms. The summed E-state index contributed by atoms with van der Waals surface area (Å²) in [5.74, 6) is -1.10. The lowest BCUT2D eigenvalue weighted by Gasteiger charge is -2.04. The van der Waals surface area contributed by atoms with Crippen molar-refractivity contribution in [3.63, 3.8) is 0 Å². The summed E-state index contributed by atoms with van der Waals surface area (Å²) in [5.41, 5.74) is 0.160. The molecule has 100 valence electrons. The fourth-order valence-electron chi connectivity index (χ4n) is 1.81. The number of carboxylic acid groups (broad SMARTS) is 1. The number of nitrogens with zero attached hydrogens (tertiary/aromatic N) is 4. The Morgan fingerprint density at radius 3 is 2.79 bits per heavy atom. The van der Waals surface area contributed by atoms with Crippen molar-refractivity contribution >= 4 is 5.97 Å². The standard InChI is InChI=1S/C12H14N4O3/c1-2-3-15-4-5-16(12(15)19)7-10-9(11(17)18)6-13-8-14-10/h4-6,8H,2-3,7H2,1H3,(H,17,18). The van der Waals surface area contributed by atoms with Crippen molar-refractivity contribution < 1.29 is 9.90 Å². The number of carboxylic acids is 1. The SMILES string of the molecule is CCCn1ccn(Cc2ncncc2C(=O)O)c1=O. The zero-order valence-electron chi connectivity index (χ0n) is 10.5. The highest BCUT2D eigenvalue weighted by molar-refractivity contribution is 5.88. The highest BCUT2D eigenvalue weighted by Gasteiger charge is 2.13. The first-order valence-electron chi connectivity index (χ1n) is 5.91. The number of rotatable bonds is 5. The summed E-state index contributed by atoms with van der Waals surface area (Å²) in [6, 6.07) is 0. The van der Waals surface area contributed by atoms with Crippen molar-refractivity contribution in [2.75, 3.05) is 0 Å². The van der Waals surface area contributed by atoms with Gasteiger partial charge in [-0.3, -0.25) is 9.13 Å². The number of imidazole rings is 1. The Bertz CT molecular complexity index is 644. The summed E-state index contributed by atoms with van der Waals surface area (Å²) in [5, 5.41) is 9.03. The summed E-state index contributed by atoms with van der Waals surface area (Å²) >= 11 is 0. The molecule has 19 heavy (non-hydrogen) atoms. The molecule has 0 aromatic carbocycles. The number of hydrogen-bond donors (Lipinski definition) is 1. The Morgan fingerprint density at radius 1 is 1.37 bits per heavy atom. The Labute approximate surface area is 109 Å². The van der Waals surface area contributed by atoms with Gasteiger partial charge in [0.1, 0.15) is 11.9 Å². The summed E-state index contributed by atoms with van der Waals surface area (Å²) in [4.78, 5) is 30.6. The Balaban J connectivity index is 2.32. The van der Waals surface area contributed by atoms with E-state index in [9.17, 15) is 9.59 Å². The molecule has 2 heterocycles. The summed E-state index contributed by atoms with van der Waals surface area (Å²) < 4.78 is 3.02. The Morgan fingerprint density at radius 2 is 2.11 bits per heavy atom. The average Bonchev–Trinajstić information content (AvgIpc) is 2.73. The number of hydrogen-bond acceptors (Lipinski definition) is 4. The van der Waals surface area contributed by atoms with Gasteiger partial charge < -0.3 is 5.11 Å². The predicted molar refractivity (Wildman–Crippen MR) is 67.1 cm³/mol. The van der Waals surface area contributed by atoms with Crippen LogP contribution in [0.1, 0.15) is 29.4 Å². The van der Waals surface area contributed by atoms with E-state index < -0.39 is 5.97 Å². The quantitative estimate of drug-likeness (QED) is 0.852. The molecule has 0 saturated carbocycles. The smallest absolute Gasteiger partial charge is 0.339 e. The molecule has 0 aliphatic heterocycles. The second kappa shape index (κ2) is 5.47. The lowest BCUT2D eigenvalue weighted by atomic mass is 10.2. The Kier molecular flexibility index (Phi) is 3.74. The van der Waals surface area contributed by atoms with E-state index in [2.05, 4.69) is 9.97 Å². The van der Waals surface area contributed by atoms with E-state index in [1.807, 2.05) is 6.92 Å². The molecule has 0 fully saturated rings. The fourth-order valence-corrected chi connectivity index (χ4v) is 1.81. The first-order chi connectivity index (χ1) is 9.13. The highest BCUT2D eigenvalue weighted by atomic mass is 16.4. The van der Waals surface area contributed by atoms with E-state index in [4.69, 9.17) is 5.11 Å². The summed E-state index contributed by atoms with van der Waals surface area (Å²) in [6.07, 6.45) is 6.69. The molecule has 0 aliphatic rings. The van der Waals surface area contributed by atoms with Crippen LogP contribution < -0.4 is 5.69 Å². The topological polar surface area (TPSA) is 90.0 Å². The second-order valence-corrected chi connectivity index (χ2v) is 4.09. The average molecular weight is 262 g/mol. The van der Waals surface area contributed by atoms with Crippen LogP contribution in [0.3, 0.4) is 0 Å². The van der Waals surface area contributed by atoms with Gasteiger partial charge in [-0.2, -0.15) is 0 Å². The minimum absolute atomic E-state index is 0.0117. The van der Waals surface area contributed by atoms with Gasteiger partial charge in [0.05, 0.1) is 12.2 Å². The Hall–Kier alpha value is -2.44. The minimum atomic E-state index is -1.10. The van der Waals surface area contributed by atoms with Crippen molar-refractivity contribution in [1.82, 2.24) is 19.1 Å². The molecular formula is C12H14N4O3. The van der Waals surface area contributed by atoms with Crippen LogP contribution in [0.15, 0.2) is 29.7 Å². The third kappa shape index (κ3) is 2.70. The van der Waals surface area contributed by atoms with Gasteiger partial charge in [-0.05, 0) is 6.42 Å². The molecule has 2 rings (SSSR count). The van der Waals surface area contributed by atoms with Crippen LogP contribution in [0.25, 0.3) is 0 Å². The van der Waals surface area contributed by atoms with Crippen LogP contribution in [-0.4, -0.2) is 30.2 Å². The van der Waals surface area contributed by atoms with Gasteiger partial charge in [0.25, 0.3) is 0 Å². The highest BCUT2D eigenvalue weighted by Crippen LogP contribution is 2.05. The maximum Gasteiger partial charge on any atom is 0.339 e.